The van der Waals surface area contributed by atoms with Crippen LogP contribution in [0.1, 0.15) is 17.3 Å². The Bertz CT molecular complexity index is 755. The standard InChI is InChI=1S/C17H17FN2O4/c1-10(21)19-16-8-12(4-5-15(16)18)20-17(22)11-6-13(23-2)9-14(7-11)24-3/h4-9H,1-3H3,(H,19,21)(H,20,22). The minimum atomic E-state index is -0.591. The van der Waals surface area contributed by atoms with E-state index in [0.29, 0.717) is 22.7 Å². The minimum Gasteiger partial charge on any atom is -0.497 e. The van der Waals surface area contributed by atoms with Crippen LogP contribution in [0.2, 0.25) is 0 Å². The molecule has 0 fully saturated rings. The molecule has 0 saturated carbocycles. The van der Waals surface area contributed by atoms with Gasteiger partial charge in [0.1, 0.15) is 17.3 Å². The molecule has 2 N–H and O–H groups in total. The first-order chi connectivity index (χ1) is 11.4. The molecule has 0 saturated heterocycles. The largest absolute Gasteiger partial charge is 0.497 e. The molecule has 2 rings (SSSR count). The predicted molar refractivity (Wildman–Crippen MR) is 88.2 cm³/mol. The van der Waals surface area contributed by atoms with Gasteiger partial charge in [0.2, 0.25) is 5.91 Å². The Hall–Kier alpha value is -3.09. The highest BCUT2D eigenvalue weighted by Crippen LogP contribution is 2.24. The molecule has 0 unspecified atom stereocenters. The van der Waals surface area contributed by atoms with Gasteiger partial charge in [-0.25, -0.2) is 4.39 Å². The van der Waals surface area contributed by atoms with Gasteiger partial charge in [-0.05, 0) is 30.3 Å². The summed E-state index contributed by atoms with van der Waals surface area (Å²) < 4.78 is 23.9. The van der Waals surface area contributed by atoms with Crippen molar-refractivity contribution in [1.29, 1.82) is 0 Å². The second-order valence-electron chi connectivity index (χ2n) is 4.93. The van der Waals surface area contributed by atoms with Gasteiger partial charge in [0.05, 0.1) is 19.9 Å². The van der Waals surface area contributed by atoms with Gasteiger partial charge < -0.3 is 20.1 Å². The molecule has 24 heavy (non-hydrogen) atoms. The van der Waals surface area contributed by atoms with Crippen LogP contribution in [0.25, 0.3) is 0 Å². The third-order valence-corrected chi connectivity index (χ3v) is 3.15. The Balaban J connectivity index is 2.25. The van der Waals surface area contributed by atoms with Crippen molar-refractivity contribution >= 4 is 23.2 Å². The third-order valence-electron chi connectivity index (χ3n) is 3.15. The van der Waals surface area contributed by atoms with Crippen LogP contribution >= 0.6 is 0 Å². The zero-order chi connectivity index (χ0) is 17.7. The number of benzene rings is 2. The van der Waals surface area contributed by atoms with Crippen molar-refractivity contribution in [1.82, 2.24) is 0 Å². The van der Waals surface area contributed by atoms with E-state index < -0.39 is 17.6 Å². The summed E-state index contributed by atoms with van der Waals surface area (Å²) >= 11 is 0. The maximum absolute atomic E-state index is 13.6. The van der Waals surface area contributed by atoms with Crippen LogP contribution in [0.5, 0.6) is 11.5 Å². The number of hydrogen-bond donors (Lipinski definition) is 2. The predicted octanol–water partition coefficient (Wildman–Crippen LogP) is 3.05. The van der Waals surface area contributed by atoms with E-state index in [1.54, 1.807) is 18.2 Å². The molecule has 2 aromatic rings. The van der Waals surface area contributed by atoms with Crippen molar-refractivity contribution in [3.8, 4) is 11.5 Å². The lowest BCUT2D eigenvalue weighted by molar-refractivity contribution is -0.114. The van der Waals surface area contributed by atoms with E-state index in [9.17, 15) is 14.0 Å². The summed E-state index contributed by atoms with van der Waals surface area (Å²) in [5.41, 5.74) is 0.645. The summed E-state index contributed by atoms with van der Waals surface area (Å²) in [6, 6.07) is 8.64. The van der Waals surface area contributed by atoms with E-state index >= 15 is 0 Å². The van der Waals surface area contributed by atoms with Crippen LogP contribution in [-0.2, 0) is 4.79 Å². The maximum atomic E-state index is 13.6. The van der Waals surface area contributed by atoms with Gasteiger partial charge in [-0.3, -0.25) is 9.59 Å². The highest BCUT2D eigenvalue weighted by atomic mass is 19.1. The van der Waals surface area contributed by atoms with Gasteiger partial charge in [-0.2, -0.15) is 0 Å². The first-order valence-corrected chi connectivity index (χ1v) is 7.04. The molecule has 6 nitrogen and oxygen atoms in total. The first-order valence-electron chi connectivity index (χ1n) is 7.04. The fourth-order valence-corrected chi connectivity index (χ4v) is 2.03. The number of carbonyl (C=O) groups excluding carboxylic acids is 2. The fourth-order valence-electron chi connectivity index (χ4n) is 2.03. The molecule has 0 aliphatic heterocycles. The summed E-state index contributed by atoms with van der Waals surface area (Å²) in [5, 5.41) is 4.99. The topological polar surface area (TPSA) is 76.7 Å². The smallest absolute Gasteiger partial charge is 0.255 e. The van der Waals surface area contributed by atoms with Crippen molar-refractivity contribution in [3.05, 3.63) is 47.8 Å². The minimum absolute atomic E-state index is 0.0106. The average Bonchev–Trinajstić information content (AvgIpc) is 2.56. The van der Waals surface area contributed by atoms with E-state index in [1.807, 2.05) is 0 Å². The molecule has 126 valence electrons. The molecule has 0 aliphatic carbocycles. The Morgan fingerprint density at radius 2 is 1.58 bits per heavy atom. The van der Waals surface area contributed by atoms with E-state index in [1.165, 1.54) is 33.3 Å². The molecule has 0 atom stereocenters. The van der Waals surface area contributed by atoms with Crippen LogP contribution in [0.15, 0.2) is 36.4 Å². The monoisotopic (exact) mass is 332 g/mol. The molecule has 0 heterocycles. The number of methoxy groups -OCH3 is 2. The van der Waals surface area contributed by atoms with E-state index in [0.717, 1.165) is 6.07 Å². The molecular formula is C17H17FN2O4. The molecule has 0 aliphatic rings. The van der Waals surface area contributed by atoms with E-state index in [4.69, 9.17) is 9.47 Å². The Kier molecular flexibility index (Phi) is 5.36. The van der Waals surface area contributed by atoms with Gasteiger partial charge >= 0.3 is 0 Å². The summed E-state index contributed by atoms with van der Waals surface area (Å²) in [6.45, 7) is 1.27. The second-order valence-corrected chi connectivity index (χ2v) is 4.93. The van der Waals surface area contributed by atoms with E-state index in [-0.39, 0.29) is 5.69 Å². The normalized spacial score (nSPS) is 10.0. The summed E-state index contributed by atoms with van der Waals surface area (Å²) in [7, 11) is 2.96. The summed E-state index contributed by atoms with van der Waals surface area (Å²) in [4.78, 5) is 23.4. The molecule has 2 aromatic carbocycles. The number of rotatable bonds is 5. The number of hydrogen-bond acceptors (Lipinski definition) is 4. The highest BCUT2D eigenvalue weighted by molar-refractivity contribution is 6.05. The molecule has 7 heteroatoms. The lowest BCUT2D eigenvalue weighted by atomic mass is 10.1. The highest BCUT2D eigenvalue weighted by Gasteiger charge is 2.12. The Morgan fingerprint density at radius 1 is 0.958 bits per heavy atom. The van der Waals surface area contributed by atoms with Gasteiger partial charge in [0, 0.05) is 24.2 Å². The number of carbonyl (C=O) groups is 2. The Labute approximate surface area is 138 Å². The third kappa shape index (κ3) is 4.22. The second kappa shape index (κ2) is 7.45. The average molecular weight is 332 g/mol. The number of anilines is 2. The van der Waals surface area contributed by atoms with Gasteiger partial charge in [-0.15, -0.1) is 0 Å². The number of halogens is 1. The quantitative estimate of drug-likeness (QED) is 0.882. The lowest BCUT2D eigenvalue weighted by Crippen LogP contribution is -2.13. The molecule has 0 radical (unpaired) electrons. The Morgan fingerprint density at radius 3 is 2.12 bits per heavy atom. The van der Waals surface area contributed by atoms with Crippen molar-refractivity contribution in [2.24, 2.45) is 0 Å². The first kappa shape index (κ1) is 17.3. The van der Waals surface area contributed by atoms with Crippen LogP contribution in [0.3, 0.4) is 0 Å². The molecule has 0 aromatic heterocycles. The van der Waals surface area contributed by atoms with E-state index in [2.05, 4.69) is 10.6 Å². The van der Waals surface area contributed by atoms with Crippen LogP contribution < -0.4 is 20.1 Å². The molecule has 0 bridgehead atoms. The van der Waals surface area contributed by atoms with Crippen molar-refractivity contribution < 1.29 is 23.5 Å². The van der Waals surface area contributed by atoms with Crippen molar-refractivity contribution in [2.75, 3.05) is 24.9 Å². The zero-order valence-corrected chi connectivity index (χ0v) is 13.5. The maximum Gasteiger partial charge on any atom is 0.255 e. The fraction of sp³-hybridized carbons (Fsp3) is 0.176. The SMILES string of the molecule is COc1cc(OC)cc(C(=O)Nc2ccc(F)c(NC(C)=O)c2)c1. The van der Waals surface area contributed by atoms with Crippen molar-refractivity contribution in [2.45, 2.75) is 6.92 Å². The zero-order valence-electron chi connectivity index (χ0n) is 13.5. The summed E-state index contributed by atoms with van der Waals surface area (Å²) in [6.07, 6.45) is 0. The molecular weight excluding hydrogens is 315 g/mol. The summed E-state index contributed by atoms with van der Waals surface area (Å²) in [5.74, 6) is -0.483. The lowest BCUT2D eigenvalue weighted by Gasteiger charge is -2.11. The number of amides is 2. The van der Waals surface area contributed by atoms with Gasteiger partial charge in [0.15, 0.2) is 0 Å². The van der Waals surface area contributed by atoms with Gasteiger partial charge in [0.25, 0.3) is 5.91 Å². The van der Waals surface area contributed by atoms with Gasteiger partial charge in [-0.1, -0.05) is 0 Å². The van der Waals surface area contributed by atoms with Crippen LogP contribution in [-0.4, -0.2) is 26.0 Å². The van der Waals surface area contributed by atoms with Crippen LogP contribution in [0.4, 0.5) is 15.8 Å². The van der Waals surface area contributed by atoms with Crippen LogP contribution in [0, 0.1) is 5.82 Å². The number of ether oxygens (including phenoxy) is 2. The molecule has 0 spiro atoms. The number of nitrogens with one attached hydrogen (secondary N) is 2. The molecule has 2 amide bonds. The van der Waals surface area contributed by atoms with Crippen molar-refractivity contribution in [3.63, 3.8) is 0 Å².